The van der Waals surface area contributed by atoms with Crippen LogP contribution in [0.15, 0.2) is 77.7 Å². The van der Waals surface area contributed by atoms with E-state index in [-0.39, 0.29) is 33.1 Å². The lowest BCUT2D eigenvalue weighted by molar-refractivity contribution is -0.140. The maximum absolute atomic E-state index is 13.9. The first-order chi connectivity index (χ1) is 18.2. The monoisotopic (exact) mass is 589 g/mol. The number of aryl methyl sites for hydroxylation is 1. The van der Waals surface area contributed by atoms with Crippen LogP contribution >= 0.6 is 23.2 Å². The number of carbonyl (C=O) groups excluding carboxylic acids is 2. The van der Waals surface area contributed by atoms with Gasteiger partial charge < -0.3 is 10.2 Å². The van der Waals surface area contributed by atoms with E-state index in [1.165, 1.54) is 35.2 Å². The molecule has 0 heterocycles. The molecule has 39 heavy (non-hydrogen) atoms. The summed E-state index contributed by atoms with van der Waals surface area (Å²) in [7, 11) is -4.18. The van der Waals surface area contributed by atoms with Crippen molar-refractivity contribution in [3.8, 4) is 0 Å². The highest BCUT2D eigenvalue weighted by Gasteiger charge is 2.33. The van der Waals surface area contributed by atoms with Crippen LogP contribution in [0.3, 0.4) is 0 Å². The number of hydrogen-bond acceptors (Lipinski definition) is 4. The zero-order chi connectivity index (χ0) is 29.0. The van der Waals surface area contributed by atoms with Crippen molar-refractivity contribution in [3.05, 3.63) is 94.0 Å². The fourth-order valence-electron chi connectivity index (χ4n) is 3.95. The first-order valence-corrected chi connectivity index (χ1v) is 14.6. The number of benzene rings is 3. The summed E-state index contributed by atoms with van der Waals surface area (Å²) in [6.07, 6.45) is 0. The highest BCUT2D eigenvalue weighted by Crippen LogP contribution is 2.31. The van der Waals surface area contributed by atoms with Gasteiger partial charge in [0.15, 0.2) is 0 Å². The molecule has 0 aliphatic carbocycles. The van der Waals surface area contributed by atoms with Gasteiger partial charge in [-0.1, -0.05) is 71.2 Å². The average molecular weight is 591 g/mol. The fourth-order valence-corrected chi connectivity index (χ4v) is 5.67. The van der Waals surface area contributed by atoms with E-state index in [0.717, 1.165) is 15.4 Å². The van der Waals surface area contributed by atoms with Gasteiger partial charge in [-0.25, -0.2) is 8.42 Å². The van der Waals surface area contributed by atoms with Gasteiger partial charge in [-0.3, -0.25) is 13.9 Å². The molecular formula is C29H33Cl2N3O4S. The maximum atomic E-state index is 13.9. The van der Waals surface area contributed by atoms with Crippen LogP contribution in [0.4, 0.5) is 5.69 Å². The molecule has 0 unspecified atom stereocenters. The summed E-state index contributed by atoms with van der Waals surface area (Å²) in [5, 5.41) is 3.30. The van der Waals surface area contributed by atoms with Crippen molar-refractivity contribution < 1.29 is 18.0 Å². The van der Waals surface area contributed by atoms with Crippen LogP contribution in [0.5, 0.6) is 0 Å². The number of hydrogen-bond donors (Lipinski definition) is 1. The summed E-state index contributed by atoms with van der Waals surface area (Å²) in [6, 6.07) is 18.9. The molecule has 7 nitrogen and oxygen atoms in total. The van der Waals surface area contributed by atoms with Gasteiger partial charge in [-0.15, -0.1) is 0 Å². The molecule has 0 radical (unpaired) electrons. The molecule has 0 aliphatic heterocycles. The first-order valence-electron chi connectivity index (χ1n) is 12.4. The Labute approximate surface area is 240 Å². The molecule has 2 amide bonds. The zero-order valence-corrected chi connectivity index (χ0v) is 24.9. The number of anilines is 1. The van der Waals surface area contributed by atoms with E-state index in [2.05, 4.69) is 5.32 Å². The summed E-state index contributed by atoms with van der Waals surface area (Å²) in [6.45, 7) is 8.66. The van der Waals surface area contributed by atoms with Gasteiger partial charge in [0.1, 0.15) is 12.6 Å². The van der Waals surface area contributed by atoms with Crippen molar-refractivity contribution in [1.82, 2.24) is 10.2 Å². The number of nitrogens with one attached hydrogen (secondary N) is 1. The molecule has 3 aromatic rings. The normalized spacial score (nSPS) is 12.5. The Morgan fingerprint density at radius 2 is 1.59 bits per heavy atom. The Hall–Kier alpha value is -3.07. The van der Waals surface area contributed by atoms with Gasteiger partial charge in [0.25, 0.3) is 10.0 Å². The van der Waals surface area contributed by atoms with E-state index in [1.54, 1.807) is 25.1 Å². The average Bonchev–Trinajstić information content (AvgIpc) is 2.86. The van der Waals surface area contributed by atoms with Gasteiger partial charge in [-0.2, -0.15) is 0 Å². The molecule has 10 heteroatoms. The molecule has 0 aliphatic rings. The molecule has 1 N–H and O–H groups in total. The molecule has 0 fully saturated rings. The number of amides is 2. The number of sulfonamides is 1. The first kappa shape index (κ1) is 30.5. The van der Waals surface area contributed by atoms with Gasteiger partial charge in [0.2, 0.25) is 11.8 Å². The van der Waals surface area contributed by atoms with E-state index in [9.17, 15) is 18.0 Å². The molecular weight excluding hydrogens is 557 g/mol. The minimum atomic E-state index is -4.18. The van der Waals surface area contributed by atoms with E-state index in [1.807, 2.05) is 52.0 Å². The van der Waals surface area contributed by atoms with Gasteiger partial charge in [0, 0.05) is 12.1 Å². The minimum absolute atomic E-state index is 0.00707. The van der Waals surface area contributed by atoms with Crippen LogP contribution in [0.25, 0.3) is 0 Å². The van der Waals surface area contributed by atoms with Crippen LogP contribution in [-0.2, 0) is 26.2 Å². The van der Waals surface area contributed by atoms with Crippen LogP contribution in [0.2, 0.25) is 10.0 Å². The van der Waals surface area contributed by atoms with E-state index < -0.39 is 34.1 Å². The Bertz CT molecular complexity index is 1440. The van der Waals surface area contributed by atoms with E-state index >= 15 is 0 Å². The van der Waals surface area contributed by atoms with Crippen molar-refractivity contribution >= 4 is 50.7 Å². The topological polar surface area (TPSA) is 86.8 Å². The minimum Gasteiger partial charge on any atom is -0.350 e. The van der Waals surface area contributed by atoms with Crippen molar-refractivity contribution in [1.29, 1.82) is 0 Å². The fraction of sp³-hybridized carbons (Fsp3) is 0.310. The highest BCUT2D eigenvalue weighted by atomic mass is 35.5. The van der Waals surface area contributed by atoms with E-state index in [0.29, 0.717) is 0 Å². The third-order valence-electron chi connectivity index (χ3n) is 5.90. The molecule has 3 aromatic carbocycles. The Balaban J connectivity index is 2.05. The molecule has 1 atom stereocenters. The standard InChI is InChI=1S/C29H33Cl2N3O4S/c1-20-10-9-11-22(16-20)18-33(21(2)28(36)32-29(3,4)5)27(35)19-34(23-14-15-25(30)26(31)17-23)39(37,38)24-12-7-6-8-13-24/h6-17,21H,18-19H2,1-5H3,(H,32,36)/t21-/m1/s1. The predicted molar refractivity (Wildman–Crippen MR) is 157 cm³/mol. The van der Waals surface area contributed by atoms with Crippen molar-refractivity contribution in [3.63, 3.8) is 0 Å². The van der Waals surface area contributed by atoms with Gasteiger partial charge >= 0.3 is 0 Å². The summed E-state index contributed by atoms with van der Waals surface area (Å²) in [5.41, 5.74) is 1.46. The SMILES string of the molecule is Cc1cccc(CN(C(=O)CN(c2ccc(Cl)c(Cl)c2)S(=O)(=O)c2ccccc2)[C@H](C)C(=O)NC(C)(C)C)c1. The predicted octanol–water partition coefficient (Wildman–Crippen LogP) is 5.83. The Morgan fingerprint density at radius 3 is 2.18 bits per heavy atom. The third kappa shape index (κ3) is 7.97. The molecule has 208 valence electrons. The molecule has 0 bridgehead atoms. The summed E-state index contributed by atoms with van der Waals surface area (Å²) < 4.78 is 28.6. The molecule has 3 rings (SSSR count). The van der Waals surface area contributed by atoms with Gasteiger partial charge in [-0.05, 0) is 70.5 Å². The number of nitrogens with zero attached hydrogens (tertiary/aromatic N) is 2. The van der Waals surface area contributed by atoms with Crippen LogP contribution in [0, 0.1) is 6.92 Å². The zero-order valence-electron chi connectivity index (χ0n) is 22.6. The second-order valence-electron chi connectivity index (χ2n) is 10.3. The summed E-state index contributed by atoms with van der Waals surface area (Å²) in [4.78, 5) is 28.5. The second kappa shape index (κ2) is 12.4. The Morgan fingerprint density at radius 1 is 0.923 bits per heavy atom. The lowest BCUT2D eigenvalue weighted by Crippen LogP contribution is -2.54. The quantitative estimate of drug-likeness (QED) is 0.340. The lowest BCUT2D eigenvalue weighted by atomic mass is 10.1. The second-order valence-corrected chi connectivity index (χ2v) is 13.0. The number of halogens is 2. The van der Waals surface area contributed by atoms with Crippen molar-refractivity contribution in [2.45, 2.75) is 57.6 Å². The van der Waals surface area contributed by atoms with Crippen molar-refractivity contribution in [2.24, 2.45) is 0 Å². The Kier molecular flexibility index (Phi) is 9.69. The van der Waals surface area contributed by atoms with Gasteiger partial charge in [0.05, 0.1) is 20.6 Å². The number of carbonyl (C=O) groups is 2. The molecule has 0 aromatic heterocycles. The maximum Gasteiger partial charge on any atom is 0.264 e. The molecule has 0 saturated carbocycles. The lowest BCUT2D eigenvalue weighted by Gasteiger charge is -2.33. The van der Waals surface area contributed by atoms with Crippen LogP contribution in [0.1, 0.15) is 38.8 Å². The largest absolute Gasteiger partial charge is 0.350 e. The van der Waals surface area contributed by atoms with Crippen LogP contribution in [-0.4, -0.2) is 43.3 Å². The van der Waals surface area contributed by atoms with Crippen molar-refractivity contribution in [2.75, 3.05) is 10.8 Å². The van der Waals surface area contributed by atoms with Crippen LogP contribution < -0.4 is 9.62 Å². The number of rotatable bonds is 9. The molecule has 0 saturated heterocycles. The summed E-state index contributed by atoms with van der Waals surface area (Å²) in [5.74, 6) is -0.908. The smallest absolute Gasteiger partial charge is 0.264 e. The molecule has 0 spiro atoms. The van der Waals surface area contributed by atoms with E-state index in [4.69, 9.17) is 23.2 Å². The summed E-state index contributed by atoms with van der Waals surface area (Å²) >= 11 is 12.3. The highest BCUT2D eigenvalue weighted by molar-refractivity contribution is 7.92. The third-order valence-corrected chi connectivity index (χ3v) is 8.43.